The Kier molecular flexibility index (Phi) is 3.68. The van der Waals surface area contributed by atoms with E-state index in [1.54, 1.807) is 4.31 Å². The van der Waals surface area contributed by atoms with Gasteiger partial charge in [-0.15, -0.1) is 0 Å². The van der Waals surface area contributed by atoms with Gasteiger partial charge in [0, 0.05) is 31.9 Å². The summed E-state index contributed by atoms with van der Waals surface area (Å²) in [5.74, 6) is 0. The number of fused-ring (bicyclic) bond motifs is 1. The Labute approximate surface area is 119 Å². The van der Waals surface area contributed by atoms with E-state index in [4.69, 9.17) is 10.5 Å². The van der Waals surface area contributed by atoms with Crippen LogP contribution < -0.4 is 5.73 Å². The van der Waals surface area contributed by atoms with E-state index in [1.165, 1.54) is 9.87 Å². The summed E-state index contributed by atoms with van der Waals surface area (Å²) in [4.78, 5) is 0. The van der Waals surface area contributed by atoms with Gasteiger partial charge in [0.05, 0.1) is 13.2 Å². The zero-order valence-corrected chi connectivity index (χ0v) is 12.1. The molecule has 0 radical (unpaired) electrons. The molecule has 0 amide bonds. The fraction of sp³-hybridized carbons (Fsp3) is 0.538. The van der Waals surface area contributed by atoms with E-state index in [9.17, 15) is 8.42 Å². The second kappa shape index (κ2) is 5.33. The van der Waals surface area contributed by atoms with Crippen molar-refractivity contribution in [1.29, 1.82) is 0 Å². The topological polar surface area (TPSA) is 75.9 Å². The van der Waals surface area contributed by atoms with E-state index in [1.807, 2.05) is 18.2 Å². The molecule has 0 aliphatic carbocycles. The van der Waals surface area contributed by atoms with E-state index in [0.717, 1.165) is 12.0 Å². The molecule has 110 valence electrons. The Bertz CT molecular complexity index is 597. The van der Waals surface area contributed by atoms with Crippen LogP contribution in [0.25, 0.3) is 0 Å². The third kappa shape index (κ3) is 2.54. The van der Waals surface area contributed by atoms with Crippen molar-refractivity contribution in [2.45, 2.75) is 13.0 Å². The van der Waals surface area contributed by atoms with Crippen molar-refractivity contribution in [3.05, 3.63) is 29.3 Å². The summed E-state index contributed by atoms with van der Waals surface area (Å²) >= 11 is 0. The van der Waals surface area contributed by atoms with Crippen molar-refractivity contribution in [2.24, 2.45) is 0 Å². The van der Waals surface area contributed by atoms with Gasteiger partial charge in [-0.1, -0.05) is 6.07 Å². The number of rotatable bonds is 2. The summed E-state index contributed by atoms with van der Waals surface area (Å²) in [6.07, 6.45) is 0.735. The summed E-state index contributed by atoms with van der Waals surface area (Å²) < 4.78 is 33.5. The van der Waals surface area contributed by atoms with Crippen LogP contribution in [0.15, 0.2) is 18.2 Å². The third-order valence-corrected chi connectivity index (χ3v) is 5.81. The molecular weight excluding hydrogens is 278 g/mol. The predicted molar refractivity (Wildman–Crippen MR) is 76.3 cm³/mol. The Morgan fingerprint density at radius 1 is 1.05 bits per heavy atom. The second-order valence-corrected chi connectivity index (χ2v) is 7.06. The van der Waals surface area contributed by atoms with Crippen LogP contribution in [0.3, 0.4) is 0 Å². The standard InChI is InChI=1S/C13H19N3O3S/c14-13-2-1-11-3-4-16(10-12(11)9-13)20(17,18)15-5-7-19-8-6-15/h1-2,9H,3-8,10,14H2. The van der Waals surface area contributed by atoms with Crippen molar-refractivity contribution in [3.63, 3.8) is 0 Å². The van der Waals surface area contributed by atoms with Crippen LogP contribution in [-0.2, 0) is 27.9 Å². The average molecular weight is 297 g/mol. The number of nitrogen functional groups attached to an aromatic ring is 1. The molecule has 6 nitrogen and oxygen atoms in total. The monoisotopic (exact) mass is 297 g/mol. The first-order chi connectivity index (χ1) is 9.57. The molecule has 0 unspecified atom stereocenters. The second-order valence-electron chi connectivity index (χ2n) is 5.13. The van der Waals surface area contributed by atoms with Gasteiger partial charge in [-0.25, -0.2) is 0 Å². The zero-order valence-electron chi connectivity index (χ0n) is 11.3. The minimum atomic E-state index is -3.39. The first-order valence-electron chi connectivity index (χ1n) is 6.77. The van der Waals surface area contributed by atoms with Crippen LogP contribution in [0.5, 0.6) is 0 Å². The summed E-state index contributed by atoms with van der Waals surface area (Å²) in [6, 6.07) is 5.73. The Morgan fingerprint density at radius 2 is 1.80 bits per heavy atom. The van der Waals surface area contributed by atoms with Gasteiger partial charge < -0.3 is 10.5 Å². The molecule has 1 aromatic carbocycles. The number of nitrogens with two attached hydrogens (primary N) is 1. The number of nitrogens with zero attached hydrogens (tertiary/aromatic N) is 2. The highest BCUT2D eigenvalue weighted by molar-refractivity contribution is 7.86. The van der Waals surface area contributed by atoms with Crippen LogP contribution >= 0.6 is 0 Å². The van der Waals surface area contributed by atoms with Crippen LogP contribution in [0.4, 0.5) is 5.69 Å². The van der Waals surface area contributed by atoms with Crippen molar-refractivity contribution in [1.82, 2.24) is 8.61 Å². The van der Waals surface area contributed by atoms with Crippen molar-refractivity contribution in [2.75, 3.05) is 38.6 Å². The molecular formula is C13H19N3O3S. The molecule has 0 bridgehead atoms. The first-order valence-corrected chi connectivity index (χ1v) is 8.17. The van der Waals surface area contributed by atoms with Gasteiger partial charge in [0.15, 0.2) is 0 Å². The van der Waals surface area contributed by atoms with E-state index in [2.05, 4.69) is 0 Å². The lowest BCUT2D eigenvalue weighted by molar-refractivity contribution is 0.0699. The van der Waals surface area contributed by atoms with Gasteiger partial charge in [-0.2, -0.15) is 17.0 Å². The van der Waals surface area contributed by atoms with Crippen molar-refractivity contribution >= 4 is 15.9 Å². The van der Waals surface area contributed by atoms with Gasteiger partial charge in [-0.05, 0) is 29.7 Å². The lowest BCUT2D eigenvalue weighted by Gasteiger charge is -2.34. The maximum Gasteiger partial charge on any atom is 0.282 e. The lowest BCUT2D eigenvalue weighted by atomic mass is 10.0. The van der Waals surface area contributed by atoms with Crippen LogP contribution in [0.2, 0.25) is 0 Å². The van der Waals surface area contributed by atoms with Crippen LogP contribution in [0.1, 0.15) is 11.1 Å². The van der Waals surface area contributed by atoms with Gasteiger partial charge in [0.1, 0.15) is 0 Å². The number of hydrogen-bond donors (Lipinski definition) is 1. The molecule has 0 spiro atoms. The highest BCUT2D eigenvalue weighted by Crippen LogP contribution is 2.24. The maximum atomic E-state index is 12.6. The number of morpholine rings is 1. The number of benzene rings is 1. The Hall–Kier alpha value is -1.15. The average Bonchev–Trinajstić information content (AvgIpc) is 2.47. The highest BCUT2D eigenvalue weighted by atomic mass is 32.2. The molecule has 1 fully saturated rings. The molecule has 0 aromatic heterocycles. The highest BCUT2D eigenvalue weighted by Gasteiger charge is 2.33. The lowest BCUT2D eigenvalue weighted by Crippen LogP contribution is -2.49. The Morgan fingerprint density at radius 3 is 2.55 bits per heavy atom. The summed E-state index contributed by atoms with van der Waals surface area (Å²) in [6.45, 7) is 2.73. The van der Waals surface area contributed by atoms with Gasteiger partial charge in [0.25, 0.3) is 10.2 Å². The Balaban J connectivity index is 1.82. The number of hydrogen-bond acceptors (Lipinski definition) is 4. The van der Waals surface area contributed by atoms with Gasteiger partial charge in [0.2, 0.25) is 0 Å². The van der Waals surface area contributed by atoms with E-state index in [-0.39, 0.29) is 0 Å². The van der Waals surface area contributed by atoms with Gasteiger partial charge in [-0.3, -0.25) is 0 Å². The van der Waals surface area contributed by atoms with Crippen LogP contribution in [0, 0.1) is 0 Å². The SMILES string of the molecule is Nc1ccc2c(c1)CN(S(=O)(=O)N1CCOCC1)CC2. The fourth-order valence-corrected chi connectivity index (χ4v) is 4.25. The molecule has 0 saturated carbocycles. The van der Waals surface area contributed by atoms with E-state index >= 15 is 0 Å². The molecule has 2 N–H and O–H groups in total. The largest absolute Gasteiger partial charge is 0.399 e. The van der Waals surface area contributed by atoms with E-state index < -0.39 is 10.2 Å². The van der Waals surface area contributed by atoms with Crippen molar-refractivity contribution < 1.29 is 13.2 Å². The molecule has 1 aromatic rings. The molecule has 20 heavy (non-hydrogen) atoms. The minimum Gasteiger partial charge on any atom is -0.399 e. The molecule has 2 aliphatic heterocycles. The number of ether oxygens (including phenoxy) is 1. The van der Waals surface area contributed by atoms with E-state index in [0.29, 0.717) is 45.1 Å². The molecule has 0 atom stereocenters. The summed E-state index contributed by atoms with van der Waals surface area (Å²) in [5.41, 5.74) is 8.65. The van der Waals surface area contributed by atoms with Crippen LogP contribution in [-0.4, -0.2) is 49.9 Å². The third-order valence-electron chi connectivity index (χ3n) is 3.83. The van der Waals surface area contributed by atoms with Crippen molar-refractivity contribution in [3.8, 4) is 0 Å². The molecule has 2 heterocycles. The molecule has 7 heteroatoms. The summed E-state index contributed by atoms with van der Waals surface area (Å²) in [5, 5.41) is 0. The van der Waals surface area contributed by atoms with Gasteiger partial charge >= 0.3 is 0 Å². The number of anilines is 1. The first kappa shape index (κ1) is 13.8. The maximum absolute atomic E-state index is 12.6. The fourth-order valence-electron chi connectivity index (χ4n) is 2.69. The minimum absolute atomic E-state index is 0.403. The molecule has 3 rings (SSSR count). The summed E-state index contributed by atoms with van der Waals surface area (Å²) in [7, 11) is -3.39. The molecule has 2 aliphatic rings. The normalized spacial score (nSPS) is 21.6. The molecule has 1 saturated heterocycles. The smallest absolute Gasteiger partial charge is 0.282 e. The quantitative estimate of drug-likeness (QED) is 0.792. The zero-order chi connectivity index (χ0) is 14.2. The predicted octanol–water partition coefficient (Wildman–Crippen LogP) is 0.204.